The van der Waals surface area contributed by atoms with Crippen LogP contribution in [0.1, 0.15) is 35.9 Å². The van der Waals surface area contributed by atoms with Crippen molar-refractivity contribution in [3.63, 3.8) is 0 Å². The zero-order valence-electron chi connectivity index (χ0n) is 10.4. The number of fused-ring (bicyclic) bond motifs is 1. The van der Waals surface area contributed by atoms with Gasteiger partial charge in [-0.15, -0.1) is 0 Å². The number of nitrogens with zero attached hydrogens (tertiary/aromatic N) is 3. The quantitative estimate of drug-likeness (QED) is 0.719. The van der Waals surface area contributed by atoms with Crippen LogP contribution in [0.4, 0.5) is 0 Å². The summed E-state index contributed by atoms with van der Waals surface area (Å²) in [6.07, 6.45) is 0.766. The van der Waals surface area contributed by atoms with Gasteiger partial charge in [-0.2, -0.15) is 0 Å². The standard InChI is InChI=1S/C12H17N3O2/c1-8(2)12(17)14-4-5-15-9(3)13-10(7-16)11(15)6-14/h7-8H,4-6H2,1-3H3. The molecule has 0 unspecified atom stereocenters. The molecule has 0 saturated carbocycles. The molecule has 2 heterocycles. The van der Waals surface area contributed by atoms with Crippen LogP contribution in [-0.4, -0.2) is 33.2 Å². The number of aromatic nitrogens is 2. The first-order valence-electron chi connectivity index (χ1n) is 5.84. The molecule has 1 aliphatic heterocycles. The third-order valence-electron chi connectivity index (χ3n) is 3.15. The summed E-state index contributed by atoms with van der Waals surface area (Å²) in [5.41, 5.74) is 1.32. The second-order valence-electron chi connectivity index (χ2n) is 4.67. The minimum absolute atomic E-state index is 0.00903. The fourth-order valence-corrected chi connectivity index (χ4v) is 2.22. The van der Waals surface area contributed by atoms with Crippen molar-refractivity contribution in [1.29, 1.82) is 0 Å². The molecule has 0 radical (unpaired) electrons. The molecule has 0 aromatic carbocycles. The highest BCUT2D eigenvalue weighted by Gasteiger charge is 2.26. The summed E-state index contributed by atoms with van der Waals surface area (Å²) in [4.78, 5) is 28.9. The number of amides is 1. The SMILES string of the molecule is Cc1nc(C=O)c2n1CCN(C(=O)C(C)C)C2. The van der Waals surface area contributed by atoms with E-state index in [2.05, 4.69) is 4.98 Å². The van der Waals surface area contributed by atoms with E-state index in [0.29, 0.717) is 18.8 Å². The van der Waals surface area contributed by atoms with Crippen LogP contribution < -0.4 is 0 Å². The van der Waals surface area contributed by atoms with Gasteiger partial charge in [-0.3, -0.25) is 9.59 Å². The Morgan fingerprint density at radius 1 is 1.41 bits per heavy atom. The molecular formula is C12H17N3O2. The second-order valence-corrected chi connectivity index (χ2v) is 4.67. The zero-order valence-corrected chi connectivity index (χ0v) is 10.4. The third-order valence-corrected chi connectivity index (χ3v) is 3.15. The van der Waals surface area contributed by atoms with Crippen LogP contribution in [0.2, 0.25) is 0 Å². The Labute approximate surface area is 100 Å². The molecule has 0 fully saturated rings. The van der Waals surface area contributed by atoms with Crippen molar-refractivity contribution in [1.82, 2.24) is 14.5 Å². The molecule has 17 heavy (non-hydrogen) atoms. The molecule has 0 atom stereocenters. The number of carbonyl (C=O) groups excluding carboxylic acids is 2. The van der Waals surface area contributed by atoms with Gasteiger partial charge in [0.15, 0.2) is 6.29 Å². The summed E-state index contributed by atoms with van der Waals surface area (Å²) < 4.78 is 2.02. The smallest absolute Gasteiger partial charge is 0.225 e. The Bertz CT molecular complexity index is 463. The largest absolute Gasteiger partial charge is 0.335 e. The number of imidazole rings is 1. The maximum absolute atomic E-state index is 11.9. The molecule has 5 nitrogen and oxygen atoms in total. The Kier molecular flexibility index (Phi) is 3.00. The molecule has 0 saturated heterocycles. The number of aldehydes is 1. The van der Waals surface area contributed by atoms with Crippen LogP contribution in [0.25, 0.3) is 0 Å². The van der Waals surface area contributed by atoms with E-state index >= 15 is 0 Å². The van der Waals surface area contributed by atoms with Crippen LogP contribution in [0.5, 0.6) is 0 Å². The molecule has 92 valence electrons. The lowest BCUT2D eigenvalue weighted by Gasteiger charge is -2.30. The van der Waals surface area contributed by atoms with Crippen LogP contribution in [0.3, 0.4) is 0 Å². The van der Waals surface area contributed by atoms with E-state index in [1.54, 1.807) is 4.90 Å². The van der Waals surface area contributed by atoms with Crippen molar-refractivity contribution in [2.45, 2.75) is 33.9 Å². The van der Waals surface area contributed by atoms with Gasteiger partial charge in [0.25, 0.3) is 0 Å². The summed E-state index contributed by atoms with van der Waals surface area (Å²) in [5.74, 6) is 0.968. The van der Waals surface area contributed by atoms with Gasteiger partial charge in [-0.25, -0.2) is 4.98 Å². The maximum atomic E-state index is 11.9. The average molecular weight is 235 g/mol. The lowest BCUT2D eigenvalue weighted by atomic mass is 10.1. The second kappa shape index (κ2) is 4.31. The van der Waals surface area contributed by atoms with Crippen molar-refractivity contribution in [3.05, 3.63) is 17.2 Å². The molecule has 5 heteroatoms. The van der Waals surface area contributed by atoms with Gasteiger partial charge in [0.1, 0.15) is 11.5 Å². The van der Waals surface area contributed by atoms with Crippen LogP contribution in [0, 0.1) is 12.8 Å². The van der Waals surface area contributed by atoms with Gasteiger partial charge in [0, 0.05) is 19.0 Å². The Morgan fingerprint density at radius 3 is 2.71 bits per heavy atom. The lowest BCUT2D eigenvalue weighted by Crippen LogP contribution is -2.40. The van der Waals surface area contributed by atoms with Gasteiger partial charge in [0.05, 0.1) is 12.2 Å². The summed E-state index contributed by atoms with van der Waals surface area (Å²) in [7, 11) is 0. The maximum Gasteiger partial charge on any atom is 0.225 e. The van der Waals surface area contributed by atoms with Gasteiger partial charge in [-0.05, 0) is 6.92 Å². The number of aryl methyl sites for hydroxylation is 1. The minimum Gasteiger partial charge on any atom is -0.335 e. The molecule has 0 aliphatic carbocycles. The third kappa shape index (κ3) is 1.97. The van der Waals surface area contributed by atoms with E-state index in [4.69, 9.17) is 0 Å². The fraction of sp³-hybridized carbons (Fsp3) is 0.583. The monoisotopic (exact) mass is 235 g/mol. The highest BCUT2D eigenvalue weighted by molar-refractivity contribution is 5.79. The van der Waals surface area contributed by atoms with E-state index in [0.717, 1.165) is 24.3 Å². The molecule has 2 rings (SSSR count). The topological polar surface area (TPSA) is 55.2 Å². The van der Waals surface area contributed by atoms with Gasteiger partial charge in [-0.1, -0.05) is 13.8 Å². The number of carbonyl (C=O) groups is 2. The Hall–Kier alpha value is -1.65. The Morgan fingerprint density at radius 2 is 2.12 bits per heavy atom. The van der Waals surface area contributed by atoms with E-state index in [1.807, 2.05) is 25.3 Å². The number of rotatable bonds is 2. The van der Waals surface area contributed by atoms with E-state index in [-0.39, 0.29) is 11.8 Å². The van der Waals surface area contributed by atoms with Gasteiger partial charge in [0.2, 0.25) is 5.91 Å². The average Bonchev–Trinajstić information content (AvgIpc) is 2.64. The first-order chi connectivity index (χ1) is 8.04. The first-order valence-corrected chi connectivity index (χ1v) is 5.84. The zero-order chi connectivity index (χ0) is 12.6. The molecule has 1 amide bonds. The van der Waals surface area contributed by atoms with Crippen molar-refractivity contribution >= 4 is 12.2 Å². The van der Waals surface area contributed by atoms with Crippen LogP contribution in [0.15, 0.2) is 0 Å². The molecular weight excluding hydrogens is 218 g/mol. The van der Waals surface area contributed by atoms with E-state index in [1.165, 1.54) is 0 Å². The molecule has 1 aliphatic rings. The number of hydrogen-bond acceptors (Lipinski definition) is 3. The van der Waals surface area contributed by atoms with Crippen molar-refractivity contribution in [3.8, 4) is 0 Å². The normalized spacial score (nSPS) is 14.9. The van der Waals surface area contributed by atoms with E-state index < -0.39 is 0 Å². The molecule has 1 aromatic heterocycles. The van der Waals surface area contributed by atoms with Crippen LogP contribution >= 0.6 is 0 Å². The summed E-state index contributed by atoms with van der Waals surface area (Å²) in [5, 5.41) is 0. The molecule has 0 bridgehead atoms. The predicted octanol–water partition coefficient (Wildman–Crippen LogP) is 1.00. The van der Waals surface area contributed by atoms with Crippen molar-refractivity contribution in [2.24, 2.45) is 5.92 Å². The fourth-order valence-electron chi connectivity index (χ4n) is 2.22. The first kappa shape index (κ1) is 11.8. The predicted molar refractivity (Wildman–Crippen MR) is 62.6 cm³/mol. The molecule has 0 spiro atoms. The highest BCUT2D eigenvalue weighted by Crippen LogP contribution is 2.19. The van der Waals surface area contributed by atoms with Crippen LogP contribution in [-0.2, 0) is 17.9 Å². The molecule has 0 N–H and O–H groups in total. The summed E-state index contributed by atoms with van der Waals surface area (Å²) in [6, 6.07) is 0. The highest BCUT2D eigenvalue weighted by atomic mass is 16.2. The summed E-state index contributed by atoms with van der Waals surface area (Å²) in [6.45, 7) is 7.57. The van der Waals surface area contributed by atoms with Gasteiger partial charge < -0.3 is 9.47 Å². The van der Waals surface area contributed by atoms with E-state index in [9.17, 15) is 9.59 Å². The van der Waals surface area contributed by atoms with Crippen molar-refractivity contribution in [2.75, 3.05) is 6.54 Å². The minimum atomic E-state index is -0.00903. The lowest BCUT2D eigenvalue weighted by molar-refractivity contribution is -0.135. The molecule has 1 aromatic rings. The van der Waals surface area contributed by atoms with Crippen molar-refractivity contribution < 1.29 is 9.59 Å². The number of hydrogen-bond donors (Lipinski definition) is 0. The summed E-state index contributed by atoms with van der Waals surface area (Å²) >= 11 is 0. The van der Waals surface area contributed by atoms with Gasteiger partial charge >= 0.3 is 0 Å². The Balaban J connectivity index is 2.29.